The van der Waals surface area contributed by atoms with E-state index < -0.39 is 46.2 Å². The SMILES string of the molecule is CCn1c(=O)c2ccccc2n(CC(=O)OCC(=O)c2ccc(S(=O)(=O)N3CCCC3)cc2)c1=O. The van der Waals surface area contributed by atoms with Crippen molar-refractivity contribution in [2.24, 2.45) is 0 Å². The first kappa shape index (κ1) is 24.6. The second-order valence-electron chi connectivity index (χ2n) is 8.15. The summed E-state index contributed by atoms with van der Waals surface area (Å²) in [5.41, 5.74) is -0.594. The summed E-state index contributed by atoms with van der Waals surface area (Å²) in [6, 6.07) is 11.9. The number of hydrogen-bond acceptors (Lipinski definition) is 7. The van der Waals surface area contributed by atoms with Crippen molar-refractivity contribution < 1.29 is 22.7 Å². The van der Waals surface area contributed by atoms with Gasteiger partial charge in [-0.25, -0.2) is 13.2 Å². The molecule has 11 heteroatoms. The number of carbonyl (C=O) groups is 2. The van der Waals surface area contributed by atoms with E-state index in [-0.39, 0.29) is 17.0 Å². The van der Waals surface area contributed by atoms with E-state index >= 15 is 0 Å². The van der Waals surface area contributed by atoms with Crippen molar-refractivity contribution in [3.63, 3.8) is 0 Å². The molecular formula is C24H25N3O7S. The van der Waals surface area contributed by atoms with E-state index in [0.29, 0.717) is 24.0 Å². The Morgan fingerprint density at radius 2 is 1.60 bits per heavy atom. The number of aromatic nitrogens is 2. The van der Waals surface area contributed by atoms with E-state index in [0.717, 1.165) is 22.0 Å². The molecule has 4 rings (SSSR count). The number of Topliss-reactive ketones (excluding diaryl/α,β-unsaturated/α-hetero) is 1. The zero-order valence-corrected chi connectivity index (χ0v) is 20.0. The standard InChI is InChI=1S/C24H25N3O7S/c1-2-26-23(30)19-7-3-4-8-20(19)27(24(26)31)15-22(29)34-16-21(28)17-9-11-18(12-10-17)35(32,33)25-13-5-6-14-25/h3-4,7-12H,2,5-6,13-16H2,1H3. The largest absolute Gasteiger partial charge is 0.456 e. The van der Waals surface area contributed by atoms with Gasteiger partial charge in [-0.05, 0) is 56.2 Å². The highest BCUT2D eigenvalue weighted by atomic mass is 32.2. The van der Waals surface area contributed by atoms with Crippen LogP contribution in [0.15, 0.2) is 63.0 Å². The van der Waals surface area contributed by atoms with Crippen LogP contribution in [0, 0.1) is 0 Å². The number of para-hydroxylation sites is 1. The smallest absolute Gasteiger partial charge is 0.332 e. The van der Waals surface area contributed by atoms with E-state index in [1.807, 2.05) is 0 Å². The van der Waals surface area contributed by atoms with Crippen LogP contribution >= 0.6 is 0 Å². The Morgan fingerprint density at radius 1 is 0.943 bits per heavy atom. The molecular weight excluding hydrogens is 474 g/mol. The minimum Gasteiger partial charge on any atom is -0.456 e. The van der Waals surface area contributed by atoms with Gasteiger partial charge in [-0.1, -0.05) is 12.1 Å². The number of rotatable bonds is 8. The summed E-state index contributed by atoms with van der Waals surface area (Å²) < 4.78 is 33.9. The molecule has 0 aliphatic carbocycles. The number of sulfonamides is 1. The van der Waals surface area contributed by atoms with Gasteiger partial charge in [0.15, 0.2) is 12.4 Å². The maximum atomic E-state index is 12.7. The molecule has 35 heavy (non-hydrogen) atoms. The van der Waals surface area contributed by atoms with Crippen LogP contribution in [0.2, 0.25) is 0 Å². The van der Waals surface area contributed by atoms with Gasteiger partial charge in [-0.15, -0.1) is 0 Å². The van der Waals surface area contributed by atoms with Gasteiger partial charge in [0, 0.05) is 25.2 Å². The van der Waals surface area contributed by atoms with Crippen LogP contribution in [-0.2, 0) is 32.6 Å². The molecule has 0 atom stereocenters. The minimum absolute atomic E-state index is 0.102. The van der Waals surface area contributed by atoms with Gasteiger partial charge in [0.2, 0.25) is 10.0 Å². The Bertz CT molecular complexity index is 1500. The first-order valence-corrected chi connectivity index (χ1v) is 12.7. The lowest BCUT2D eigenvalue weighted by Gasteiger charge is -2.15. The third kappa shape index (κ3) is 4.82. The second-order valence-corrected chi connectivity index (χ2v) is 10.1. The average Bonchev–Trinajstić information content (AvgIpc) is 3.42. The predicted molar refractivity (Wildman–Crippen MR) is 128 cm³/mol. The Kier molecular flexibility index (Phi) is 6.99. The zero-order valence-electron chi connectivity index (χ0n) is 19.2. The molecule has 2 aromatic carbocycles. The van der Waals surface area contributed by atoms with Gasteiger partial charge < -0.3 is 4.74 Å². The molecule has 1 aromatic heterocycles. The summed E-state index contributed by atoms with van der Waals surface area (Å²) >= 11 is 0. The fourth-order valence-electron chi connectivity index (χ4n) is 4.10. The van der Waals surface area contributed by atoms with Crippen LogP contribution in [0.4, 0.5) is 0 Å². The molecule has 1 aliphatic heterocycles. The number of ether oxygens (including phenoxy) is 1. The number of carbonyl (C=O) groups excluding carboxylic acids is 2. The van der Waals surface area contributed by atoms with E-state index in [1.165, 1.54) is 28.6 Å². The third-order valence-electron chi connectivity index (χ3n) is 5.98. The molecule has 3 aromatic rings. The van der Waals surface area contributed by atoms with Crippen LogP contribution < -0.4 is 11.2 Å². The van der Waals surface area contributed by atoms with Gasteiger partial charge in [0.1, 0.15) is 6.54 Å². The summed E-state index contributed by atoms with van der Waals surface area (Å²) in [6.07, 6.45) is 1.64. The molecule has 0 spiro atoms. The molecule has 184 valence electrons. The highest BCUT2D eigenvalue weighted by molar-refractivity contribution is 7.89. The van der Waals surface area contributed by atoms with Gasteiger partial charge >= 0.3 is 11.7 Å². The summed E-state index contributed by atoms with van der Waals surface area (Å²) in [5, 5.41) is 0.293. The molecule has 0 bridgehead atoms. The molecule has 0 amide bonds. The first-order chi connectivity index (χ1) is 16.7. The van der Waals surface area contributed by atoms with E-state index in [4.69, 9.17) is 4.74 Å². The van der Waals surface area contributed by atoms with Crippen LogP contribution in [-0.4, -0.2) is 53.3 Å². The van der Waals surface area contributed by atoms with E-state index in [1.54, 1.807) is 31.2 Å². The van der Waals surface area contributed by atoms with Crippen molar-refractivity contribution in [2.75, 3.05) is 19.7 Å². The summed E-state index contributed by atoms with van der Waals surface area (Å²) in [4.78, 5) is 50.3. The van der Waals surface area contributed by atoms with E-state index in [9.17, 15) is 27.6 Å². The van der Waals surface area contributed by atoms with Crippen molar-refractivity contribution in [3.8, 4) is 0 Å². The molecule has 1 saturated heterocycles. The Labute approximate surface area is 201 Å². The average molecular weight is 500 g/mol. The molecule has 0 unspecified atom stereocenters. The van der Waals surface area contributed by atoms with Crippen LogP contribution in [0.5, 0.6) is 0 Å². The van der Waals surface area contributed by atoms with Gasteiger partial charge in [0.05, 0.1) is 15.8 Å². The molecule has 1 aliphatic rings. The fourth-order valence-corrected chi connectivity index (χ4v) is 5.61. The Balaban J connectivity index is 1.45. The van der Waals surface area contributed by atoms with Gasteiger partial charge in [-0.3, -0.25) is 23.5 Å². The number of hydrogen-bond donors (Lipinski definition) is 0. The number of ketones is 1. The summed E-state index contributed by atoms with van der Waals surface area (Å²) in [7, 11) is -3.59. The van der Waals surface area contributed by atoms with Crippen molar-refractivity contribution in [2.45, 2.75) is 37.8 Å². The van der Waals surface area contributed by atoms with Crippen LogP contribution in [0.1, 0.15) is 30.1 Å². The highest BCUT2D eigenvalue weighted by Crippen LogP contribution is 2.21. The molecule has 0 saturated carbocycles. The van der Waals surface area contributed by atoms with Crippen molar-refractivity contribution in [3.05, 3.63) is 74.9 Å². The topological polar surface area (TPSA) is 125 Å². The number of benzene rings is 2. The summed E-state index contributed by atoms with van der Waals surface area (Å²) in [6.45, 7) is 1.71. The zero-order chi connectivity index (χ0) is 25.2. The molecule has 10 nitrogen and oxygen atoms in total. The van der Waals surface area contributed by atoms with Crippen LogP contribution in [0.25, 0.3) is 10.9 Å². The Morgan fingerprint density at radius 3 is 2.26 bits per heavy atom. The maximum absolute atomic E-state index is 12.7. The number of esters is 1. The third-order valence-corrected chi connectivity index (χ3v) is 7.89. The minimum atomic E-state index is -3.59. The van der Waals surface area contributed by atoms with E-state index in [2.05, 4.69) is 0 Å². The monoisotopic (exact) mass is 499 g/mol. The Hall–Kier alpha value is -3.57. The lowest BCUT2D eigenvalue weighted by Crippen LogP contribution is -2.41. The highest BCUT2D eigenvalue weighted by Gasteiger charge is 2.27. The normalized spacial score (nSPS) is 14.3. The van der Waals surface area contributed by atoms with Gasteiger partial charge in [0.25, 0.3) is 5.56 Å². The lowest BCUT2D eigenvalue weighted by molar-refractivity contribution is -0.143. The van der Waals surface area contributed by atoms with Crippen molar-refractivity contribution in [1.82, 2.24) is 13.4 Å². The van der Waals surface area contributed by atoms with Crippen molar-refractivity contribution in [1.29, 1.82) is 0 Å². The first-order valence-electron chi connectivity index (χ1n) is 11.3. The molecule has 0 radical (unpaired) electrons. The molecule has 0 N–H and O–H groups in total. The maximum Gasteiger partial charge on any atom is 0.332 e. The van der Waals surface area contributed by atoms with Gasteiger partial charge in [-0.2, -0.15) is 4.31 Å². The number of nitrogens with zero attached hydrogens (tertiary/aromatic N) is 3. The lowest BCUT2D eigenvalue weighted by atomic mass is 10.1. The quantitative estimate of drug-likeness (QED) is 0.339. The predicted octanol–water partition coefficient (Wildman–Crippen LogP) is 1.39. The number of fused-ring (bicyclic) bond motifs is 1. The van der Waals surface area contributed by atoms with Crippen molar-refractivity contribution >= 4 is 32.7 Å². The summed E-state index contributed by atoms with van der Waals surface area (Å²) in [5.74, 6) is -1.33. The molecule has 2 heterocycles. The molecule has 1 fully saturated rings. The second kappa shape index (κ2) is 9.96. The fraction of sp³-hybridized carbons (Fsp3) is 0.333. The van der Waals surface area contributed by atoms with Crippen LogP contribution in [0.3, 0.4) is 0 Å².